The molecule has 3 N–H and O–H groups in total. The van der Waals surface area contributed by atoms with Gasteiger partial charge in [0.1, 0.15) is 28.7 Å². The van der Waals surface area contributed by atoms with Gasteiger partial charge in [-0.3, -0.25) is 9.20 Å². The van der Waals surface area contributed by atoms with E-state index in [1.54, 1.807) is 22.7 Å². The molecule has 1 saturated heterocycles. The number of carbonyl (C=O) groups excluding carboxylic acids is 1. The van der Waals surface area contributed by atoms with Gasteiger partial charge in [0.05, 0.1) is 11.6 Å². The molecule has 1 unspecified atom stereocenters. The average molecular weight is 572 g/mol. The van der Waals surface area contributed by atoms with Crippen LogP contribution in [0.1, 0.15) is 47.1 Å². The normalized spacial score (nSPS) is 16.6. The second-order valence-corrected chi connectivity index (χ2v) is 11.0. The van der Waals surface area contributed by atoms with Crippen molar-refractivity contribution in [1.82, 2.24) is 23.7 Å². The smallest absolute Gasteiger partial charge is 0.382 e. The maximum Gasteiger partial charge on any atom is 0.416 e. The number of piperidine rings is 1. The van der Waals surface area contributed by atoms with Gasteiger partial charge in [-0.1, -0.05) is 25.1 Å². The molecular weight excluding hydrogens is 547 g/mol. The number of hydrogen-bond donors (Lipinski definition) is 2. The third-order valence-electron chi connectivity index (χ3n) is 6.65. The van der Waals surface area contributed by atoms with Gasteiger partial charge in [0.25, 0.3) is 5.91 Å². The molecule has 4 heterocycles. The summed E-state index contributed by atoms with van der Waals surface area (Å²) in [6, 6.07) is 7.23. The Morgan fingerprint density at radius 2 is 1.88 bits per heavy atom. The van der Waals surface area contributed by atoms with Crippen molar-refractivity contribution < 1.29 is 26.4 Å². The van der Waals surface area contributed by atoms with Gasteiger partial charge >= 0.3 is 6.18 Å². The maximum absolute atomic E-state index is 13.0. The zero-order valence-electron chi connectivity index (χ0n) is 21.0. The Labute approximate surface area is 227 Å². The number of sulfonamides is 1. The molecule has 1 aliphatic rings. The van der Waals surface area contributed by atoms with E-state index >= 15 is 0 Å². The van der Waals surface area contributed by atoms with E-state index < -0.39 is 33.7 Å². The summed E-state index contributed by atoms with van der Waals surface area (Å²) in [6.07, 6.45) is 1.63. The van der Waals surface area contributed by atoms with E-state index in [4.69, 9.17) is 10.7 Å². The summed E-state index contributed by atoms with van der Waals surface area (Å²) in [5, 5.41) is 3.30. The number of halogens is 3. The average Bonchev–Trinajstić information content (AvgIpc) is 3.34. The van der Waals surface area contributed by atoms with Gasteiger partial charge in [0.15, 0.2) is 0 Å². The van der Waals surface area contributed by atoms with E-state index in [1.165, 1.54) is 22.6 Å². The highest BCUT2D eigenvalue weighted by atomic mass is 32.2. The van der Waals surface area contributed by atoms with Gasteiger partial charge in [-0.15, -0.1) is 0 Å². The van der Waals surface area contributed by atoms with Gasteiger partial charge in [0.2, 0.25) is 10.0 Å². The van der Waals surface area contributed by atoms with Crippen molar-refractivity contribution in [3.05, 3.63) is 83.9 Å². The topological polar surface area (TPSA) is 136 Å². The number of nitrogen functional groups attached to an aromatic ring is 1. The molecule has 0 spiro atoms. The number of carbonyl (C=O) groups is 1. The first-order valence-electron chi connectivity index (χ1n) is 12.2. The SMILES string of the molecule is C=CS(=O)(=O)N1CCCCC1c1nc(-c2ccc(C(=O)Nc3cc(C(F)(F)F)ccn3)cc2)c2c(N)nccn12. The molecule has 3 aromatic heterocycles. The highest BCUT2D eigenvalue weighted by Gasteiger charge is 2.35. The molecule has 4 aromatic rings. The summed E-state index contributed by atoms with van der Waals surface area (Å²) in [7, 11) is -3.72. The lowest BCUT2D eigenvalue weighted by Gasteiger charge is -2.32. The molecule has 1 amide bonds. The van der Waals surface area contributed by atoms with E-state index in [1.807, 2.05) is 0 Å². The summed E-state index contributed by atoms with van der Waals surface area (Å²) >= 11 is 0. The molecule has 5 rings (SSSR count). The van der Waals surface area contributed by atoms with Crippen LogP contribution in [0.3, 0.4) is 0 Å². The Bertz CT molecular complexity index is 1700. The number of rotatable bonds is 6. The predicted octanol–water partition coefficient (Wildman–Crippen LogP) is 4.64. The molecule has 1 aliphatic heterocycles. The third kappa shape index (κ3) is 5.14. The molecule has 1 atom stereocenters. The highest BCUT2D eigenvalue weighted by Crippen LogP contribution is 2.37. The number of nitrogens with one attached hydrogen (secondary N) is 1. The molecule has 10 nitrogen and oxygen atoms in total. The molecule has 0 aliphatic carbocycles. The molecule has 0 saturated carbocycles. The number of pyridine rings is 1. The van der Waals surface area contributed by atoms with Crippen LogP contribution in [0.5, 0.6) is 0 Å². The Hall–Kier alpha value is -4.30. The minimum atomic E-state index is -4.57. The molecule has 1 aromatic carbocycles. The zero-order valence-corrected chi connectivity index (χ0v) is 21.8. The van der Waals surface area contributed by atoms with Crippen LogP contribution < -0.4 is 11.1 Å². The van der Waals surface area contributed by atoms with Crippen molar-refractivity contribution in [3.8, 4) is 11.3 Å². The molecule has 40 heavy (non-hydrogen) atoms. The van der Waals surface area contributed by atoms with Crippen molar-refractivity contribution >= 4 is 33.1 Å². The fraction of sp³-hybridized carbons (Fsp3) is 0.231. The molecular formula is C26H24F3N7O3S. The number of alkyl halides is 3. The summed E-state index contributed by atoms with van der Waals surface area (Å²) in [5.74, 6) is -0.231. The van der Waals surface area contributed by atoms with Crippen molar-refractivity contribution in [2.24, 2.45) is 0 Å². The number of hydrogen-bond acceptors (Lipinski definition) is 7. The number of nitrogens with zero attached hydrogens (tertiary/aromatic N) is 5. The molecule has 208 valence electrons. The fourth-order valence-corrected chi connectivity index (χ4v) is 5.86. The van der Waals surface area contributed by atoms with E-state index in [0.29, 0.717) is 42.0 Å². The van der Waals surface area contributed by atoms with Crippen LogP contribution in [-0.4, -0.2) is 44.5 Å². The Kier molecular flexibility index (Phi) is 7.06. The third-order valence-corrected chi connectivity index (χ3v) is 8.16. The summed E-state index contributed by atoms with van der Waals surface area (Å²) in [6.45, 7) is 3.78. The lowest BCUT2D eigenvalue weighted by atomic mass is 10.0. The maximum atomic E-state index is 13.0. The second kappa shape index (κ2) is 10.4. The van der Waals surface area contributed by atoms with Gasteiger partial charge in [-0.25, -0.2) is 23.4 Å². The second-order valence-electron chi connectivity index (χ2n) is 9.14. The van der Waals surface area contributed by atoms with Crippen LogP contribution in [0, 0.1) is 0 Å². The van der Waals surface area contributed by atoms with Crippen LogP contribution in [0.15, 0.2) is 67.0 Å². The van der Waals surface area contributed by atoms with Gasteiger partial charge < -0.3 is 11.1 Å². The number of imidazole rings is 1. The number of benzene rings is 1. The van der Waals surface area contributed by atoms with Crippen molar-refractivity contribution in [2.45, 2.75) is 31.5 Å². The van der Waals surface area contributed by atoms with Crippen molar-refractivity contribution in [3.63, 3.8) is 0 Å². The van der Waals surface area contributed by atoms with Crippen LogP contribution in [-0.2, 0) is 16.2 Å². The summed E-state index contributed by atoms with van der Waals surface area (Å²) < 4.78 is 67.6. The zero-order chi connectivity index (χ0) is 28.7. The molecule has 1 fully saturated rings. The first-order valence-corrected chi connectivity index (χ1v) is 13.7. The van der Waals surface area contributed by atoms with E-state index in [2.05, 4.69) is 21.9 Å². The number of nitrogens with two attached hydrogens (primary N) is 1. The number of amides is 1. The van der Waals surface area contributed by atoms with Gasteiger partial charge in [-0.05, 0) is 37.1 Å². The number of aromatic nitrogens is 4. The predicted molar refractivity (Wildman–Crippen MR) is 142 cm³/mol. The molecule has 14 heteroatoms. The minimum Gasteiger partial charge on any atom is -0.382 e. The quantitative estimate of drug-likeness (QED) is 0.344. The first kappa shape index (κ1) is 27.3. The van der Waals surface area contributed by atoms with Gasteiger partial charge in [0, 0.05) is 41.7 Å². The lowest BCUT2D eigenvalue weighted by Crippen LogP contribution is -2.38. The Balaban J connectivity index is 1.48. The van der Waals surface area contributed by atoms with Crippen LogP contribution in [0.4, 0.5) is 24.8 Å². The molecule has 0 bridgehead atoms. The first-order chi connectivity index (χ1) is 19.0. The van der Waals surface area contributed by atoms with Gasteiger partial charge in [-0.2, -0.15) is 17.5 Å². The summed E-state index contributed by atoms with van der Waals surface area (Å²) in [4.78, 5) is 25.5. The summed E-state index contributed by atoms with van der Waals surface area (Å²) in [5.41, 5.74) is 6.95. The van der Waals surface area contributed by atoms with E-state index in [-0.39, 0.29) is 17.2 Å². The number of fused-ring (bicyclic) bond motifs is 1. The Morgan fingerprint density at radius 1 is 1.12 bits per heavy atom. The van der Waals surface area contributed by atoms with E-state index in [9.17, 15) is 26.4 Å². The fourth-order valence-electron chi connectivity index (χ4n) is 4.73. The van der Waals surface area contributed by atoms with Crippen LogP contribution in [0.2, 0.25) is 0 Å². The largest absolute Gasteiger partial charge is 0.416 e. The Morgan fingerprint density at radius 3 is 2.58 bits per heavy atom. The van der Waals surface area contributed by atoms with Crippen LogP contribution in [0.25, 0.3) is 16.8 Å². The van der Waals surface area contributed by atoms with E-state index in [0.717, 1.165) is 30.2 Å². The standard InChI is InChI=1S/C26H24F3N7O3S/c1-2-40(38,39)36-13-4-3-5-19(36)24-34-21(22-23(30)32-12-14-35(22)24)16-6-8-17(9-7-16)25(37)33-20-15-18(10-11-31-20)26(27,28)29/h2,6-12,14-15,19H,1,3-5,13H2,(H2,30,32)(H,31,33,37). The minimum absolute atomic E-state index is 0.174. The van der Waals surface area contributed by atoms with Crippen molar-refractivity contribution in [1.29, 1.82) is 0 Å². The molecule has 0 radical (unpaired) electrons. The highest BCUT2D eigenvalue weighted by molar-refractivity contribution is 7.92. The number of anilines is 2. The van der Waals surface area contributed by atoms with Crippen molar-refractivity contribution in [2.75, 3.05) is 17.6 Å². The lowest BCUT2D eigenvalue weighted by molar-refractivity contribution is -0.137. The van der Waals surface area contributed by atoms with Crippen LogP contribution >= 0.6 is 0 Å². The monoisotopic (exact) mass is 571 g/mol.